The molecule has 0 aliphatic heterocycles. The zero-order chi connectivity index (χ0) is 18.4. The molecule has 1 fully saturated rings. The lowest BCUT2D eigenvalue weighted by molar-refractivity contribution is -0.140. The Kier molecular flexibility index (Phi) is 6.22. The van der Waals surface area contributed by atoms with E-state index in [1.807, 2.05) is 25.2 Å². The van der Waals surface area contributed by atoms with Crippen LogP contribution >= 0.6 is 0 Å². The molecule has 1 aliphatic rings. The van der Waals surface area contributed by atoms with Gasteiger partial charge in [-0.1, -0.05) is 36.4 Å². The first kappa shape index (κ1) is 19.0. The minimum atomic E-state index is -1.25. The monoisotopic (exact) mass is 349 g/mol. The smallest absolute Gasteiger partial charge is 0.314 e. The molecule has 0 spiro atoms. The summed E-state index contributed by atoms with van der Waals surface area (Å²) in [5.41, 5.74) is 0.293. The van der Waals surface area contributed by atoms with Crippen LogP contribution < -0.4 is 5.32 Å². The molecule has 0 heterocycles. The molecule has 6 heteroatoms. The van der Waals surface area contributed by atoms with Crippen molar-refractivity contribution in [3.05, 3.63) is 71.3 Å². The number of nitrogens with one attached hydrogen (secondary N) is 1. The number of carboxylic acid groups (broad SMARTS) is 1. The third-order valence-electron chi connectivity index (χ3n) is 4.37. The van der Waals surface area contributed by atoms with E-state index in [2.05, 4.69) is 17.4 Å². The minimum Gasteiger partial charge on any atom is -0.481 e. The second-order valence-electron chi connectivity index (χ2n) is 6.00. The fourth-order valence-electron chi connectivity index (χ4n) is 2.86. The molecule has 3 N–H and O–H groups in total. The first-order chi connectivity index (χ1) is 12.0. The lowest BCUT2D eigenvalue weighted by atomic mass is 9.93. The number of hydrogen-bond donors (Lipinski definition) is 3. The van der Waals surface area contributed by atoms with Gasteiger partial charge in [-0.2, -0.15) is 0 Å². The van der Waals surface area contributed by atoms with E-state index in [1.165, 1.54) is 11.6 Å². The predicted molar refractivity (Wildman–Crippen MR) is 90.1 cm³/mol. The summed E-state index contributed by atoms with van der Waals surface area (Å²) in [7, 11) is 1.95. The Morgan fingerprint density at radius 3 is 2.36 bits per heavy atom. The Hall–Kier alpha value is -2.31. The maximum atomic E-state index is 13.0. The summed E-state index contributed by atoms with van der Waals surface area (Å²) in [4.78, 5) is 11.1. The van der Waals surface area contributed by atoms with Gasteiger partial charge in [-0.05, 0) is 36.7 Å². The van der Waals surface area contributed by atoms with Crippen LogP contribution in [0.4, 0.5) is 8.78 Å². The number of benzene rings is 2. The van der Waals surface area contributed by atoms with Crippen molar-refractivity contribution < 1.29 is 23.8 Å². The van der Waals surface area contributed by atoms with Crippen molar-refractivity contribution >= 4 is 5.97 Å². The molecule has 4 nitrogen and oxygen atoms in total. The van der Waals surface area contributed by atoms with Crippen molar-refractivity contribution in [3.8, 4) is 0 Å². The quantitative estimate of drug-likeness (QED) is 0.776. The van der Waals surface area contributed by atoms with Crippen LogP contribution in [-0.2, 0) is 16.8 Å². The maximum absolute atomic E-state index is 13.0. The zero-order valence-electron chi connectivity index (χ0n) is 13.9. The van der Waals surface area contributed by atoms with Gasteiger partial charge in [-0.25, -0.2) is 8.78 Å². The van der Waals surface area contributed by atoms with E-state index in [9.17, 15) is 13.6 Å². The zero-order valence-corrected chi connectivity index (χ0v) is 13.9. The standard InChI is InChI=1S/C11H10F2O3.C8H11N/c12-8-2-1-6(3-9(8)13)11(10(15)16)4-7(11)5-14;1-9-7-8-5-3-2-4-6-8/h1-3,7,14H,4-5H2,(H,15,16);2-6,9H,7H2,1H3/t7-,11+;/m0./s1. The van der Waals surface area contributed by atoms with Gasteiger partial charge in [-0.3, -0.25) is 4.79 Å². The van der Waals surface area contributed by atoms with Crippen LogP contribution in [0.15, 0.2) is 48.5 Å². The highest BCUT2D eigenvalue weighted by molar-refractivity contribution is 5.85. The van der Waals surface area contributed by atoms with Gasteiger partial charge in [0.25, 0.3) is 0 Å². The molecule has 1 aliphatic carbocycles. The first-order valence-electron chi connectivity index (χ1n) is 7.94. The highest BCUT2D eigenvalue weighted by atomic mass is 19.2. The number of rotatable bonds is 5. The van der Waals surface area contributed by atoms with Gasteiger partial charge >= 0.3 is 5.97 Å². The Balaban J connectivity index is 0.000000212. The minimum absolute atomic E-state index is 0.206. The van der Waals surface area contributed by atoms with E-state index >= 15 is 0 Å². The molecule has 134 valence electrons. The second-order valence-corrected chi connectivity index (χ2v) is 6.00. The van der Waals surface area contributed by atoms with E-state index < -0.39 is 28.9 Å². The lowest BCUT2D eigenvalue weighted by Gasteiger charge is -2.12. The SMILES string of the molecule is CNCc1ccccc1.O=C(O)[C@@]1(c2ccc(F)c(F)c2)C[C@H]1CO. The molecular formula is C19H21F2NO3. The van der Waals surface area contributed by atoms with Crippen LogP contribution in [0.3, 0.4) is 0 Å². The number of carbonyl (C=O) groups is 1. The van der Waals surface area contributed by atoms with Crippen LogP contribution in [0.2, 0.25) is 0 Å². The number of aliphatic hydroxyl groups excluding tert-OH is 1. The average Bonchev–Trinajstić information content (AvgIpc) is 3.35. The lowest BCUT2D eigenvalue weighted by Crippen LogP contribution is -2.23. The molecule has 0 unspecified atom stereocenters. The van der Waals surface area contributed by atoms with Gasteiger partial charge in [0.15, 0.2) is 11.6 Å². The molecule has 3 rings (SSSR count). The van der Waals surface area contributed by atoms with E-state index in [1.54, 1.807) is 0 Å². The van der Waals surface area contributed by atoms with Crippen LogP contribution in [-0.4, -0.2) is 29.8 Å². The summed E-state index contributed by atoms with van der Waals surface area (Å²) in [5, 5.41) is 21.1. The molecule has 0 aromatic heterocycles. The number of aliphatic carboxylic acids is 1. The molecule has 1 saturated carbocycles. The highest BCUT2D eigenvalue weighted by Gasteiger charge is 2.61. The summed E-state index contributed by atoms with van der Waals surface area (Å²) in [6.45, 7) is 0.687. The molecule has 0 radical (unpaired) electrons. The molecule has 0 saturated heterocycles. The van der Waals surface area contributed by atoms with Gasteiger partial charge in [0, 0.05) is 19.1 Å². The molecular weight excluding hydrogens is 328 g/mol. The Bertz CT molecular complexity index is 724. The number of hydrogen-bond acceptors (Lipinski definition) is 3. The summed E-state index contributed by atoms with van der Waals surface area (Å²) < 4.78 is 25.7. The molecule has 2 atom stereocenters. The van der Waals surface area contributed by atoms with E-state index in [-0.39, 0.29) is 18.6 Å². The van der Waals surface area contributed by atoms with E-state index in [0.29, 0.717) is 0 Å². The predicted octanol–water partition coefficient (Wildman–Crippen LogP) is 2.71. The molecule has 0 bridgehead atoms. The van der Waals surface area contributed by atoms with Gasteiger partial charge in [0.05, 0.1) is 5.41 Å². The van der Waals surface area contributed by atoms with Crippen molar-refractivity contribution in [2.24, 2.45) is 5.92 Å². The average molecular weight is 349 g/mol. The van der Waals surface area contributed by atoms with Crippen LogP contribution in [0.1, 0.15) is 17.5 Å². The molecule has 0 amide bonds. The van der Waals surface area contributed by atoms with Crippen molar-refractivity contribution in [1.29, 1.82) is 0 Å². The highest BCUT2D eigenvalue weighted by Crippen LogP contribution is 2.54. The van der Waals surface area contributed by atoms with E-state index in [0.717, 1.165) is 18.7 Å². The van der Waals surface area contributed by atoms with Gasteiger partial charge in [0.2, 0.25) is 0 Å². The van der Waals surface area contributed by atoms with Crippen LogP contribution in [0.5, 0.6) is 0 Å². The third kappa shape index (κ3) is 4.21. The van der Waals surface area contributed by atoms with Crippen molar-refractivity contribution in [1.82, 2.24) is 5.32 Å². The fraction of sp³-hybridized carbons (Fsp3) is 0.316. The Morgan fingerprint density at radius 2 is 1.88 bits per heavy atom. The van der Waals surface area contributed by atoms with Gasteiger partial charge in [0.1, 0.15) is 0 Å². The third-order valence-corrected chi connectivity index (χ3v) is 4.37. The summed E-state index contributed by atoms with van der Waals surface area (Å²) in [5.74, 6) is -3.61. The summed E-state index contributed by atoms with van der Waals surface area (Å²) in [6, 6.07) is 13.4. The molecule has 2 aromatic carbocycles. The second kappa shape index (κ2) is 8.18. The van der Waals surface area contributed by atoms with Crippen molar-refractivity contribution in [3.63, 3.8) is 0 Å². The number of aliphatic hydroxyl groups is 1. The van der Waals surface area contributed by atoms with Gasteiger partial charge < -0.3 is 15.5 Å². The summed E-state index contributed by atoms with van der Waals surface area (Å²) >= 11 is 0. The maximum Gasteiger partial charge on any atom is 0.314 e. The van der Waals surface area contributed by atoms with Crippen LogP contribution in [0.25, 0.3) is 0 Å². The Morgan fingerprint density at radius 1 is 1.20 bits per heavy atom. The number of carboxylic acids is 1. The van der Waals surface area contributed by atoms with Crippen LogP contribution in [0, 0.1) is 17.6 Å². The van der Waals surface area contributed by atoms with Crippen molar-refractivity contribution in [2.75, 3.05) is 13.7 Å². The van der Waals surface area contributed by atoms with Gasteiger partial charge in [-0.15, -0.1) is 0 Å². The summed E-state index contributed by atoms with van der Waals surface area (Å²) in [6.07, 6.45) is 0.254. The fourth-order valence-corrected chi connectivity index (χ4v) is 2.86. The van der Waals surface area contributed by atoms with Crippen molar-refractivity contribution in [2.45, 2.75) is 18.4 Å². The topological polar surface area (TPSA) is 69.6 Å². The molecule has 2 aromatic rings. The number of halogens is 2. The first-order valence-corrected chi connectivity index (χ1v) is 7.94. The Labute approximate surface area is 145 Å². The molecule has 25 heavy (non-hydrogen) atoms. The normalized spacial score (nSPS) is 21.2. The largest absolute Gasteiger partial charge is 0.481 e. The van der Waals surface area contributed by atoms with E-state index in [4.69, 9.17) is 10.2 Å².